The molecule has 14 heavy (non-hydrogen) atoms. The van der Waals surface area contributed by atoms with Crippen LogP contribution < -0.4 is 5.73 Å². The third-order valence-electron chi connectivity index (χ3n) is 3.09. The van der Waals surface area contributed by atoms with Crippen molar-refractivity contribution in [1.29, 1.82) is 0 Å². The Kier molecular flexibility index (Phi) is 2.75. The SMILES string of the molecule is Cc1cc(N)n(CC2CCCCC2)n1. The van der Waals surface area contributed by atoms with Gasteiger partial charge in [-0.2, -0.15) is 5.10 Å². The van der Waals surface area contributed by atoms with Crippen molar-refractivity contribution in [1.82, 2.24) is 9.78 Å². The maximum Gasteiger partial charge on any atom is 0.121 e. The van der Waals surface area contributed by atoms with E-state index in [2.05, 4.69) is 5.10 Å². The lowest BCUT2D eigenvalue weighted by molar-refractivity contribution is 0.309. The Bertz CT molecular complexity index is 297. The van der Waals surface area contributed by atoms with E-state index in [1.165, 1.54) is 32.1 Å². The molecule has 2 rings (SSSR count). The summed E-state index contributed by atoms with van der Waals surface area (Å²) in [6.07, 6.45) is 6.86. The second-order valence-electron chi connectivity index (χ2n) is 4.40. The fraction of sp³-hybridized carbons (Fsp3) is 0.727. The molecule has 0 aromatic carbocycles. The van der Waals surface area contributed by atoms with Crippen LogP contribution in [-0.4, -0.2) is 9.78 Å². The van der Waals surface area contributed by atoms with E-state index in [9.17, 15) is 0 Å². The molecule has 0 atom stereocenters. The minimum absolute atomic E-state index is 0.797. The lowest BCUT2D eigenvalue weighted by Crippen LogP contribution is -2.16. The molecule has 3 heteroatoms. The van der Waals surface area contributed by atoms with Gasteiger partial charge in [-0.15, -0.1) is 0 Å². The van der Waals surface area contributed by atoms with Gasteiger partial charge < -0.3 is 5.73 Å². The number of anilines is 1. The minimum atomic E-state index is 0.797. The van der Waals surface area contributed by atoms with Crippen molar-refractivity contribution in [3.8, 4) is 0 Å². The first kappa shape index (κ1) is 9.56. The van der Waals surface area contributed by atoms with Gasteiger partial charge in [-0.3, -0.25) is 0 Å². The second kappa shape index (κ2) is 4.03. The fourth-order valence-electron chi connectivity index (χ4n) is 2.33. The van der Waals surface area contributed by atoms with E-state index in [0.29, 0.717) is 0 Å². The molecule has 2 N–H and O–H groups in total. The lowest BCUT2D eigenvalue weighted by atomic mass is 9.89. The van der Waals surface area contributed by atoms with Crippen LogP contribution in [0.2, 0.25) is 0 Å². The van der Waals surface area contributed by atoms with E-state index < -0.39 is 0 Å². The van der Waals surface area contributed by atoms with Gasteiger partial charge in [0, 0.05) is 12.6 Å². The van der Waals surface area contributed by atoms with Crippen LogP contribution in [0, 0.1) is 12.8 Å². The van der Waals surface area contributed by atoms with E-state index in [0.717, 1.165) is 24.0 Å². The monoisotopic (exact) mass is 193 g/mol. The highest BCUT2D eigenvalue weighted by molar-refractivity contribution is 5.30. The van der Waals surface area contributed by atoms with Gasteiger partial charge in [-0.1, -0.05) is 19.3 Å². The molecule has 1 aromatic rings. The molecule has 1 saturated carbocycles. The van der Waals surface area contributed by atoms with Gasteiger partial charge in [0.2, 0.25) is 0 Å². The maximum absolute atomic E-state index is 5.86. The van der Waals surface area contributed by atoms with E-state index in [1.54, 1.807) is 0 Å². The Morgan fingerprint density at radius 3 is 2.71 bits per heavy atom. The third kappa shape index (κ3) is 2.08. The van der Waals surface area contributed by atoms with Gasteiger partial charge in [0.15, 0.2) is 0 Å². The van der Waals surface area contributed by atoms with Crippen LogP contribution in [-0.2, 0) is 6.54 Å². The highest BCUT2D eigenvalue weighted by atomic mass is 15.3. The quantitative estimate of drug-likeness (QED) is 0.783. The van der Waals surface area contributed by atoms with Gasteiger partial charge in [-0.05, 0) is 25.7 Å². The van der Waals surface area contributed by atoms with Gasteiger partial charge in [0.1, 0.15) is 5.82 Å². The molecule has 0 bridgehead atoms. The number of nitrogens with zero attached hydrogens (tertiary/aromatic N) is 2. The zero-order chi connectivity index (χ0) is 9.97. The predicted octanol–water partition coefficient (Wildman–Crippen LogP) is 2.35. The van der Waals surface area contributed by atoms with Crippen LogP contribution in [0.25, 0.3) is 0 Å². The topological polar surface area (TPSA) is 43.8 Å². The molecule has 1 fully saturated rings. The summed E-state index contributed by atoms with van der Waals surface area (Å²) in [4.78, 5) is 0. The molecule has 0 amide bonds. The molecule has 0 aliphatic heterocycles. The highest BCUT2D eigenvalue weighted by Gasteiger charge is 2.15. The van der Waals surface area contributed by atoms with Crippen molar-refractivity contribution in [2.45, 2.75) is 45.6 Å². The average molecular weight is 193 g/mol. The number of rotatable bonds is 2. The highest BCUT2D eigenvalue weighted by Crippen LogP contribution is 2.25. The molecule has 1 heterocycles. The Morgan fingerprint density at radius 2 is 2.14 bits per heavy atom. The number of nitrogens with two attached hydrogens (primary N) is 1. The van der Waals surface area contributed by atoms with Crippen LogP contribution >= 0.6 is 0 Å². The molecule has 0 spiro atoms. The Hall–Kier alpha value is -0.990. The normalized spacial score (nSPS) is 18.6. The molecule has 3 nitrogen and oxygen atoms in total. The first-order valence-electron chi connectivity index (χ1n) is 5.55. The molecular weight excluding hydrogens is 174 g/mol. The number of nitrogen functional groups attached to an aromatic ring is 1. The molecule has 0 saturated heterocycles. The van der Waals surface area contributed by atoms with Gasteiger partial charge >= 0.3 is 0 Å². The van der Waals surface area contributed by atoms with Crippen molar-refractivity contribution in [2.75, 3.05) is 5.73 Å². The third-order valence-corrected chi connectivity index (χ3v) is 3.09. The summed E-state index contributed by atoms with van der Waals surface area (Å²) in [6, 6.07) is 1.95. The zero-order valence-electron chi connectivity index (χ0n) is 8.87. The van der Waals surface area contributed by atoms with Crippen molar-refractivity contribution in [3.63, 3.8) is 0 Å². The smallest absolute Gasteiger partial charge is 0.121 e. The number of hydrogen-bond donors (Lipinski definition) is 1. The molecule has 0 radical (unpaired) electrons. The van der Waals surface area contributed by atoms with Crippen molar-refractivity contribution >= 4 is 5.82 Å². The van der Waals surface area contributed by atoms with E-state index in [1.807, 2.05) is 17.7 Å². The molecule has 1 aromatic heterocycles. The average Bonchev–Trinajstić information content (AvgIpc) is 2.47. The van der Waals surface area contributed by atoms with E-state index >= 15 is 0 Å². The summed E-state index contributed by atoms with van der Waals surface area (Å²) < 4.78 is 1.96. The van der Waals surface area contributed by atoms with Crippen LogP contribution in [0.4, 0.5) is 5.82 Å². The van der Waals surface area contributed by atoms with Crippen molar-refractivity contribution in [3.05, 3.63) is 11.8 Å². The van der Waals surface area contributed by atoms with Gasteiger partial charge in [0.25, 0.3) is 0 Å². The summed E-state index contributed by atoms with van der Waals surface area (Å²) >= 11 is 0. The van der Waals surface area contributed by atoms with E-state index in [-0.39, 0.29) is 0 Å². The summed E-state index contributed by atoms with van der Waals surface area (Å²) in [5.41, 5.74) is 6.89. The molecule has 1 aliphatic rings. The minimum Gasteiger partial charge on any atom is -0.384 e. The summed E-state index contributed by atoms with van der Waals surface area (Å²) in [6.45, 7) is 3.01. The first-order valence-corrected chi connectivity index (χ1v) is 5.55. The first-order chi connectivity index (χ1) is 6.75. The number of aryl methyl sites for hydroxylation is 1. The molecule has 78 valence electrons. The standard InChI is InChI=1S/C11H19N3/c1-9-7-11(12)14(13-9)8-10-5-3-2-4-6-10/h7,10H,2-6,8,12H2,1H3. The second-order valence-corrected chi connectivity index (χ2v) is 4.40. The van der Waals surface area contributed by atoms with E-state index in [4.69, 9.17) is 5.73 Å². The summed E-state index contributed by atoms with van der Waals surface area (Å²) in [7, 11) is 0. The maximum atomic E-state index is 5.86. The summed E-state index contributed by atoms with van der Waals surface area (Å²) in [5, 5.41) is 4.40. The number of hydrogen-bond acceptors (Lipinski definition) is 2. The van der Waals surface area contributed by atoms with Crippen LogP contribution in [0.15, 0.2) is 6.07 Å². The largest absolute Gasteiger partial charge is 0.384 e. The molecule has 0 unspecified atom stereocenters. The van der Waals surface area contributed by atoms with Gasteiger partial charge in [0.05, 0.1) is 5.69 Å². The predicted molar refractivity (Wildman–Crippen MR) is 58.0 cm³/mol. The van der Waals surface area contributed by atoms with Crippen molar-refractivity contribution in [2.24, 2.45) is 5.92 Å². The number of aromatic nitrogens is 2. The van der Waals surface area contributed by atoms with Crippen LogP contribution in [0.1, 0.15) is 37.8 Å². The van der Waals surface area contributed by atoms with Gasteiger partial charge in [-0.25, -0.2) is 4.68 Å². The molecule has 1 aliphatic carbocycles. The van der Waals surface area contributed by atoms with Crippen LogP contribution in [0.3, 0.4) is 0 Å². The lowest BCUT2D eigenvalue weighted by Gasteiger charge is -2.21. The Balaban J connectivity index is 1.98. The summed E-state index contributed by atoms with van der Waals surface area (Å²) in [5.74, 6) is 1.61. The van der Waals surface area contributed by atoms with Crippen LogP contribution in [0.5, 0.6) is 0 Å². The Labute approximate surface area is 85.3 Å². The zero-order valence-corrected chi connectivity index (χ0v) is 8.87. The fourth-order valence-corrected chi connectivity index (χ4v) is 2.33. The van der Waals surface area contributed by atoms with Crippen molar-refractivity contribution < 1.29 is 0 Å². The Morgan fingerprint density at radius 1 is 1.43 bits per heavy atom. The molecular formula is C11H19N3.